The van der Waals surface area contributed by atoms with Gasteiger partial charge in [-0.3, -0.25) is 14.5 Å². The average Bonchev–Trinajstić information content (AvgIpc) is 3.13. The number of hydrogen-bond acceptors (Lipinski definition) is 4. The number of nitriles is 1. The van der Waals surface area contributed by atoms with Gasteiger partial charge in [-0.25, -0.2) is 0 Å². The normalized spacial score (nSPS) is 24.4. The topological polar surface area (TPSA) is 90.4 Å². The molecule has 0 saturated carbocycles. The van der Waals surface area contributed by atoms with Gasteiger partial charge in [0.2, 0.25) is 5.91 Å². The molecule has 28 heavy (non-hydrogen) atoms. The van der Waals surface area contributed by atoms with E-state index in [-0.39, 0.29) is 29.7 Å². The van der Waals surface area contributed by atoms with Gasteiger partial charge >= 0.3 is 0 Å². The van der Waals surface area contributed by atoms with E-state index in [9.17, 15) is 9.59 Å². The number of piperazine rings is 1. The van der Waals surface area contributed by atoms with Crippen LogP contribution in [0.25, 0.3) is 0 Å². The molecule has 3 atom stereocenters. The summed E-state index contributed by atoms with van der Waals surface area (Å²) in [5.74, 6) is -0.655. The Bertz CT molecular complexity index is 937. The number of primary amides is 1. The van der Waals surface area contributed by atoms with E-state index < -0.39 is 0 Å². The van der Waals surface area contributed by atoms with Crippen LogP contribution < -0.4 is 5.73 Å². The molecule has 2 amide bonds. The summed E-state index contributed by atoms with van der Waals surface area (Å²) in [7, 11) is 0. The Labute approximate surface area is 164 Å². The Hall–Kier alpha value is -3.17. The highest BCUT2D eigenvalue weighted by molar-refractivity contribution is 5.94. The Balaban J connectivity index is 1.60. The molecule has 0 unspecified atom stereocenters. The number of benzene rings is 2. The SMILES string of the molecule is N#Cc1cccc(C(=O)N2CCN3C[C@@H](C(N)=O)[C@H](c4ccccc4)[C@H]3C2)c1. The van der Waals surface area contributed by atoms with Gasteiger partial charge < -0.3 is 10.6 Å². The number of carbonyl (C=O) groups excluding carboxylic acids is 2. The van der Waals surface area contributed by atoms with Gasteiger partial charge in [-0.2, -0.15) is 5.26 Å². The van der Waals surface area contributed by atoms with Crippen molar-refractivity contribution in [2.24, 2.45) is 11.7 Å². The van der Waals surface area contributed by atoms with Crippen molar-refractivity contribution in [3.63, 3.8) is 0 Å². The number of hydrogen-bond donors (Lipinski definition) is 1. The molecule has 0 aliphatic carbocycles. The maximum Gasteiger partial charge on any atom is 0.253 e. The zero-order valence-corrected chi connectivity index (χ0v) is 15.5. The predicted molar refractivity (Wildman–Crippen MR) is 104 cm³/mol. The van der Waals surface area contributed by atoms with Gasteiger partial charge in [0.15, 0.2) is 0 Å². The second kappa shape index (κ2) is 7.45. The molecule has 142 valence electrons. The van der Waals surface area contributed by atoms with Crippen molar-refractivity contribution in [1.29, 1.82) is 5.26 Å². The minimum Gasteiger partial charge on any atom is -0.369 e. The van der Waals surface area contributed by atoms with Crippen molar-refractivity contribution in [3.8, 4) is 6.07 Å². The van der Waals surface area contributed by atoms with Gasteiger partial charge in [0.05, 0.1) is 17.6 Å². The molecule has 0 aromatic heterocycles. The maximum atomic E-state index is 13.0. The lowest BCUT2D eigenvalue weighted by Crippen LogP contribution is -2.53. The highest BCUT2D eigenvalue weighted by Gasteiger charge is 2.47. The van der Waals surface area contributed by atoms with Crippen LogP contribution in [-0.2, 0) is 4.79 Å². The molecule has 6 heteroatoms. The Kier molecular flexibility index (Phi) is 4.84. The van der Waals surface area contributed by atoms with Gasteiger partial charge in [-0.15, -0.1) is 0 Å². The molecule has 2 saturated heterocycles. The summed E-state index contributed by atoms with van der Waals surface area (Å²) in [4.78, 5) is 29.3. The summed E-state index contributed by atoms with van der Waals surface area (Å²) >= 11 is 0. The van der Waals surface area contributed by atoms with Crippen LogP contribution in [0.5, 0.6) is 0 Å². The molecular weight excluding hydrogens is 352 g/mol. The number of amides is 2. The van der Waals surface area contributed by atoms with Gasteiger partial charge in [-0.1, -0.05) is 36.4 Å². The maximum absolute atomic E-state index is 13.0. The molecule has 0 radical (unpaired) electrons. The van der Waals surface area contributed by atoms with Crippen LogP contribution in [0.15, 0.2) is 54.6 Å². The molecule has 2 aromatic carbocycles. The zero-order chi connectivity index (χ0) is 19.7. The lowest BCUT2D eigenvalue weighted by atomic mass is 9.83. The summed E-state index contributed by atoms with van der Waals surface area (Å²) in [5.41, 5.74) is 7.80. The first kappa shape index (κ1) is 18.2. The zero-order valence-electron chi connectivity index (χ0n) is 15.5. The number of nitrogens with zero attached hydrogens (tertiary/aromatic N) is 3. The van der Waals surface area contributed by atoms with Crippen LogP contribution in [0.2, 0.25) is 0 Å². The quantitative estimate of drug-likeness (QED) is 0.883. The van der Waals surface area contributed by atoms with E-state index >= 15 is 0 Å². The fraction of sp³-hybridized carbons (Fsp3) is 0.318. The molecule has 0 bridgehead atoms. The molecule has 2 aromatic rings. The minimum absolute atomic E-state index is 0.0280. The Morgan fingerprint density at radius 3 is 2.54 bits per heavy atom. The van der Waals surface area contributed by atoms with Crippen molar-refractivity contribution in [2.45, 2.75) is 12.0 Å². The molecule has 6 nitrogen and oxygen atoms in total. The van der Waals surface area contributed by atoms with Crippen molar-refractivity contribution in [2.75, 3.05) is 26.2 Å². The second-order valence-corrected chi connectivity index (χ2v) is 7.45. The van der Waals surface area contributed by atoms with Crippen LogP contribution in [0.3, 0.4) is 0 Å². The number of carbonyl (C=O) groups is 2. The second-order valence-electron chi connectivity index (χ2n) is 7.45. The van der Waals surface area contributed by atoms with Gasteiger partial charge in [-0.05, 0) is 23.8 Å². The van der Waals surface area contributed by atoms with E-state index in [0.29, 0.717) is 37.3 Å². The van der Waals surface area contributed by atoms with E-state index in [1.165, 1.54) is 0 Å². The first-order chi connectivity index (χ1) is 13.6. The molecule has 4 rings (SSSR count). The van der Waals surface area contributed by atoms with Gasteiger partial charge in [0.1, 0.15) is 0 Å². The van der Waals surface area contributed by atoms with E-state index in [0.717, 1.165) is 5.56 Å². The monoisotopic (exact) mass is 374 g/mol. The molecule has 2 heterocycles. The summed E-state index contributed by atoms with van der Waals surface area (Å²) in [6.45, 7) is 2.48. The smallest absolute Gasteiger partial charge is 0.253 e. The summed E-state index contributed by atoms with van der Waals surface area (Å²) in [6.07, 6.45) is 0. The largest absolute Gasteiger partial charge is 0.369 e. The Morgan fingerprint density at radius 2 is 1.82 bits per heavy atom. The van der Waals surface area contributed by atoms with Crippen LogP contribution >= 0.6 is 0 Å². The molecule has 2 N–H and O–H groups in total. The number of nitrogens with two attached hydrogens (primary N) is 1. The average molecular weight is 374 g/mol. The van der Waals surface area contributed by atoms with E-state index in [1.807, 2.05) is 35.2 Å². The molecular formula is C22H22N4O2. The summed E-state index contributed by atoms with van der Waals surface area (Å²) < 4.78 is 0. The fourth-order valence-corrected chi connectivity index (χ4v) is 4.53. The highest BCUT2D eigenvalue weighted by atomic mass is 16.2. The molecule has 2 fully saturated rings. The van der Waals surface area contributed by atoms with Crippen molar-refractivity contribution >= 4 is 11.8 Å². The van der Waals surface area contributed by atoms with E-state index in [2.05, 4.69) is 11.0 Å². The van der Waals surface area contributed by atoms with E-state index in [4.69, 9.17) is 11.0 Å². The van der Waals surface area contributed by atoms with Crippen molar-refractivity contribution in [1.82, 2.24) is 9.80 Å². The minimum atomic E-state index is -0.289. The van der Waals surface area contributed by atoms with Crippen LogP contribution in [0.1, 0.15) is 27.4 Å². The summed E-state index contributed by atoms with van der Waals surface area (Å²) in [6, 6.07) is 18.9. The number of fused-ring (bicyclic) bond motifs is 1. The predicted octanol–water partition coefficient (Wildman–Crippen LogP) is 1.58. The van der Waals surface area contributed by atoms with Crippen molar-refractivity contribution < 1.29 is 9.59 Å². The first-order valence-electron chi connectivity index (χ1n) is 9.46. The van der Waals surface area contributed by atoms with E-state index in [1.54, 1.807) is 24.3 Å². The molecule has 2 aliphatic rings. The van der Waals surface area contributed by atoms with Crippen LogP contribution in [0, 0.1) is 17.2 Å². The molecule has 0 spiro atoms. The third-order valence-corrected chi connectivity index (χ3v) is 5.89. The lowest BCUT2D eigenvalue weighted by molar-refractivity contribution is -0.121. The third-order valence-electron chi connectivity index (χ3n) is 5.89. The van der Waals surface area contributed by atoms with Crippen molar-refractivity contribution in [3.05, 3.63) is 71.3 Å². The first-order valence-corrected chi connectivity index (χ1v) is 9.46. The van der Waals surface area contributed by atoms with Gasteiger partial charge in [0.25, 0.3) is 5.91 Å². The lowest BCUT2D eigenvalue weighted by Gasteiger charge is -2.39. The highest BCUT2D eigenvalue weighted by Crippen LogP contribution is 2.39. The molecule has 2 aliphatic heterocycles. The van der Waals surface area contributed by atoms with Crippen LogP contribution in [-0.4, -0.2) is 53.8 Å². The third kappa shape index (κ3) is 3.25. The fourth-order valence-electron chi connectivity index (χ4n) is 4.53. The van der Waals surface area contributed by atoms with Crippen LogP contribution in [0.4, 0.5) is 0 Å². The standard InChI is InChI=1S/C22H22N4O2/c23-12-15-5-4-8-17(11-15)22(28)26-10-9-25-13-18(21(24)27)20(19(25)14-26)16-6-2-1-3-7-16/h1-8,11,18-20H,9-10,13-14H2,(H2,24,27)/t18-,19-,20+/m1/s1. The van der Waals surface area contributed by atoms with Gasteiger partial charge in [0, 0.05) is 43.7 Å². The Morgan fingerprint density at radius 1 is 1.04 bits per heavy atom. The number of rotatable bonds is 3. The summed E-state index contributed by atoms with van der Waals surface area (Å²) in [5, 5.41) is 9.09.